The van der Waals surface area contributed by atoms with Crippen molar-refractivity contribution in [3.63, 3.8) is 0 Å². The Morgan fingerprint density at radius 1 is 0.532 bits per heavy atom. The zero-order valence-corrected chi connectivity index (χ0v) is 34.3. The molecule has 2 heterocycles. The van der Waals surface area contributed by atoms with Gasteiger partial charge in [-0.05, 0) is 151 Å². The molecule has 0 spiro atoms. The lowest BCUT2D eigenvalue weighted by Gasteiger charge is -2.28. The van der Waals surface area contributed by atoms with Crippen LogP contribution in [0.15, 0.2) is 222 Å². The molecule has 2 aliphatic carbocycles. The second-order valence-corrected chi connectivity index (χ2v) is 15.3. The molecule has 0 N–H and O–H groups in total. The number of allylic oxidation sites excluding steroid dienone is 7. The molecule has 0 atom stereocenters. The Morgan fingerprint density at radius 3 is 1.60 bits per heavy atom. The summed E-state index contributed by atoms with van der Waals surface area (Å²) in [5.74, 6) is 2.23. The lowest BCUT2D eigenvalue weighted by molar-refractivity contribution is 0.516. The molecule has 0 unspecified atom stereocenters. The van der Waals surface area contributed by atoms with Crippen molar-refractivity contribution in [3.05, 3.63) is 224 Å². The van der Waals surface area contributed by atoms with Crippen molar-refractivity contribution in [3.8, 4) is 45.2 Å². The van der Waals surface area contributed by atoms with Crippen molar-refractivity contribution in [1.82, 2.24) is 9.97 Å². The molecule has 6 heteroatoms. The average molecular weight is 805 g/mol. The van der Waals surface area contributed by atoms with E-state index in [1.165, 1.54) is 5.70 Å². The number of nitrogens with zero attached hydrogens (tertiary/aromatic N) is 4. The molecule has 6 aromatic carbocycles. The van der Waals surface area contributed by atoms with Crippen molar-refractivity contribution >= 4 is 39.9 Å². The van der Waals surface area contributed by atoms with Gasteiger partial charge in [-0.2, -0.15) is 0 Å². The largest absolute Gasteiger partial charge is 0.441 e. The number of fused-ring (bicyclic) bond motifs is 2. The average Bonchev–Trinajstić information content (AvgIpc) is 3.98. The third-order valence-electron chi connectivity index (χ3n) is 11.4. The Bertz CT molecular complexity index is 2980. The molecule has 300 valence electrons. The third kappa shape index (κ3) is 7.66. The molecule has 0 fully saturated rings. The fourth-order valence-corrected chi connectivity index (χ4v) is 8.18. The highest BCUT2D eigenvalue weighted by Crippen LogP contribution is 2.38. The molecule has 6 nitrogen and oxygen atoms in total. The van der Waals surface area contributed by atoms with Crippen molar-refractivity contribution in [2.45, 2.75) is 25.7 Å². The maximum atomic E-state index is 6.14. The van der Waals surface area contributed by atoms with Crippen LogP contribution in [0.4, 0.5) is 22.7 Å². The van der Waals surface area contributed by atoms with E-state index in [1.54, 1.807) is 6.08 Å². The summed E-state index contributed by atoms with van der Waals surface area (Å²) in [7, 11) is 0. The maximum absolute atomic E-state index is 6.14. The van der Waals surface area contributed by atoms with Crippen LogP contribution in [-0.2, 0) is 6.42 Å². The van der Waals surface area contributed by atoms with Gasteiger partial charge in [0.05, 0.1) is 0 Å². The summed E-state index contributed by atoms with van der Waals surface area (Å²) in [6.07, 6.45) is 20.5. The number of aromatic nitrogens is 2. The van der Waals surface area contributed by atoms with Gasteiger partial charge in [0.1, 0.15) is 17.0 Å². The van der Waals surface area contributed by atoms with E-state index in [2.05, 4.69) is 168 Å². The van der Waals surface area contributed by atoms with E-state index < -0.39 is 0 Å². The zero-order chi connectivity index (χ0) is 41.8. The first kappa shape index (κ1) is 38.3. The number of para-hydroxylation sites is 2. The highest BCUT2D eigenvalue weighted by molar-refractivity contribution is 5.80. The van der Waals surface area contributed by atoms with E-state index in [1.807, 2.05) is 48.6 Å². The van der Waals surface area contributed by atoms with Crippen molar-refractivity contribution < 1.29 is 8.83 Å². The first-order valence-electron chi connectivity index (χ1n) is 21.1. The van der Waals surface area contributed by atoms with Crippen LogP contribution in [0.5, 0.6) is 0 Å². The van der Waals surface area contributed by atoms with Crippen LogP contribution in [0.1, 0.15) is 30.7 Å². The summed E-state index contributed by atoms with van der Waals surface area (Å²) in [6, 6.07) is 50.8. The molecular formula is C56H44N4O2. The van der Waals surface area contributed by atoms with Gasteiger partial charge in [0.15, 0.2) is 5.58 Å². The first-order chi connectivity index (χ1) is 30.6. The molecule has 0 saturated carbocycles. The molecule has 0 bridgehead atoms. The Hall–Kier alpha value is -7.96. The summed E-state index contributed by atoms with van der Waals surface area (Å²) in [6.45, 7) is 8.07. The number of aryl methyl sites for hydroxylation is 1. The van der Waals surface area contributed by atoms with Gasteiger partial charge in [-0.15, -0.1) is 0 Å². The first-order valence-corrected chi connectivity index (χ1v) is 21.1. The normalized spacial score (nSPS) is 13.4. The Morgan fingerprint density at radius 2 is 1.06 bits per heavy atom. The van der Waals surface area contributed by atoms with Crippen molar-refractivity contribution in [1.29, 1.82) is 0 Å². The van der Waals surface area contributed by atoms with Gasteiger partial charge in [0.25, 0.3) is 0 Å². The number of benzene rings is 6. The van der Waals surface area contributed by atoms with Gasteiger partial charge in [0, 0.05) is 51.7 Å². The smallest absolute Gasteiger partial charge is 0.227 e. The predicted octanol–water partition coefficient (Wildman–Crippen LogP) is 15.2. The number of oxazole rings is 2. The highest BCUT2D eigenvalue weighted by Gasteiger charge is 2.19. The fourth-order valence-electron chi connectivity index (χ4n) is 8.18. The zero-order valence-electron chi connectivity index (χ0n) is 34.3. The van der Waals surface area contributed by atoms with Crippen LogP contribution in [0.25, 0.3) is 62.3 Å². The van der Waals surface area contributed by atoms with Crippen LogP contribution in [0.2, 0.25) is 0 Å². The van der Waals surface area contributed by atoms with E-state index in [-0.39, 0.29) is 0 Å². The van der Waals surface area contributed by atoms with Gasteiger partial charge >= 0.3 is 0 Å². The second-order valence-electron chi connectivity index (χ2n) is 15.3. The van der Waals surface area contributed by atoms with Gasteiger partial charge in [-0.25, -0.2) is 9.97 Å². The molecule has 10 rings (SSSR count). The van der Waals surface area contributed by atoms with Crippen LogP contribution in [0, 0.1) is 0 Å². The lowest BCUT2D eigenvalue weighted by Crippen LogP contribution is -2.16. The molecule has 0 saturated heterocycles. The Kier molecular flexibility index (Phi) is 10.5. The third-order valence-corrected chi connectivity index (χ3v) is 11.4. The summed E-state index contributed by atoms with van der Waals surface area (Å²) in [5.41, 5.74) is 15.3. The molecule has 2 aliphatic rings. The number of hydrogen-bond donors (Lipinski definition) is 0. The summed E-state index contributed by atoms with van der Waals surface area (Å²) < 4.78 is 12.2. The van der Waals surface area contributed by atoms with Crippen LogP contribution < -0.4 is 9.80 Å². The van der Waals surface area contributed by atoms with Crippen LogP contribution in [-0.4, -0.2) is 9.97 Å². The quantitative estimate of drug-likeness (QED) is 0.115. The maximum Gasteiger partial charge on any atom is 0.227 e. The standard InChI is InChI=1S/C56H44N4O2/c1-3-12-45(4-2)59(48-35-27-43(28-36-48)55-57-51-15-8-10-17-53(51)61-55)47-31-23-41(24-32-47)39-19-21-40(22-20-39)42-25-33-49(34-26-42)60(46-13-6-5-7-14-46)50-37-29-44(30-38-50)56-58-52-16-9-11-18-54(52)62-56/h3-4,6,8-10,12-17,19-38H,1-2,5,7,11,18H2/b45-12+. The molecule has 8 aromatic rings. The van der Waals surface area contributed by atoms with Crippen LogP contribution in [0.3, 0.4) is 0 Å². The minimum Gasteiger partial charge on any atom is -0.441 e. The van der Waals surface area contributed by atoms with Gasteiger partial charge in [0.2, 0.25) is 11.8 Å². The summed E-state index contributed by atoms with van der Waals surface area (Å²) in [4.78, 5) is 13.9. The number of anilines is 4. The Balaban J connectivity index is 0.869. The van der Waals surface area contributed by atoms with Gasteiger partial charge < -0.3 is 18.6 Å². The molecule has 62 heavy (non-hydrogen) atoms. The fraction of sp³-hybridized carbons (Fsp3) is 0.0714. The topological polar surface area (TPSA) is 58.5 Å². The molecule has 0 aliphatic heterocycles. The van der Waals surface area contributed by atoms with E-state index in [0.717, 1.165) is 110 Å². The minimum atomic E-state index is 0.594. The molecule has 0 radical (unpaired) electrons. The minimum absolute atomic E-state index is 0.594. The molecule has 2 aromatic heterocycles. The second kappa shape index (κ2) is 17.0. The number of rotatable bonds is 12. The van der Waals surface area contributed by atoms with Gasteiger partial charge in [-0.3, -0.25) is 0 Å². The van der Waals surface area contributed by atoms with E-state index in [0.29, 0.717) is 11.8 Å². The molecular weight excluding hydrogens is 761 g/mol. The molecule has 0 amide bonds. The summed E-state index contributed by atoms with van der Waals surface area (Å²) >= 11 is 0. The highest BCUT2D eigenvalue weighted by atomic mass is 16.4. The number of hydrogen-bond acceptors (Lipinski definition) is 6. The van der Waals surface area contributed by atoms with Crippen molar-refractivity contribution in [2.24, 2.45) is 0 Å². The van der Waals surface area contributed by atoms with E-state index >= 15 is 0 Å². The SMILES string of the molecule is C=C/C=C(\C=C)N(c1ccc(-c2ccc(-c3ccc(N(C4=CCCC=C4)c4ccc(-c5nc6c(o5)CCC=C6)cc4)cc3)cc2)cc1)c1ccc(-c2nc3ccccc3o2)cc1. The van der Waals surface area contributed by atoms with Crippen LogP contribution >= 0.6 is 0 Å². The lowest BCUT2D eigenvalue weighted by atomic mass is 9.99. The van der Waals surface area contributed by atoms with E-state index in [9.17, 15) is 0 Å². The predicted molar refractivity (Wildman–Crippen MR) is 255 cm³/mol. The summed E-state index contributed by atoms with van der Waals surface area (Å²) in [5, 5.41) is 0. The van der Waals surface area contributed by atoms with E-state index in [4.69, 9.17) is 13.8 Å². The monoisotopic (exact) mass is 804 g/mol. The van der Waals surface area contributed by atoms with Gasteiger partial charge in [-0.1, -0.05) is 98.1 Å². The Labute approximate surface area is 362 Å². The van der Waals surface area contributed by atoms with Crippen molar-refractivity contribution in [2.75, 3.05) is 9.80 Å².